The molecular weight excluding hydrogens is 252 g/mol. The molecule has 1 saturated heterocycles. The van der Waals surface area contributed by atoms with Gasteiger partial charge in [-0.2, -0.15) is 0 Å². The molecule has 0 saturated carbocycles. The maximum atomic E-state index is 11.9. The normalized spacial score (nSPS) is 18.8. The van der Waals surface area contributed by atoms with E-state index in [1.54, 1.807) is 18.7 Å². The van der Waals surface area contributed by atoms with Gasteiger partial charge < -0.3 is 10.2 Å². The first-order chi connectivity index (χ1) is 8.13. The summed E-state index contributed by atoms with van der Waals surface area (Å²) in [6.45, 7) is 7.10. The topological polar surface area (TPSA) is 66.5 Å². The van der Waals surface area contributed by atoms with Crippen LogP contribution < -0.4 is 5.32 Å². The van der Waals surface area contributed by atoms with E-state index in [9.17, 15) is 13.2 Å². The summed E-state index contributed by atoms with van der Waals surface area (Å²) >= 11 is 0. The van der Waals surface area contributed by atoms with Crippen LogP contribution in [0.4, 0.5) is 4.79 Å². The predicted molar refractivity (Wildman–Crippen MR) is 72.3 cm³/mol. The van der Waals surface area contributed by atoms with Crippen LogP contribution in [0.3, 0.4) is 0 Å². The van der Waals surface area contributed by atoms with Crippen molar-refractivity contribution in [3.05, 3.63) is 0 Å². The highest BCUT2D eigenvalue weighted by atomic mass is 32.2. The molecule has 0 unspecified atom stereocenters. The second kappa shape index (κ2) is 5.47. The molecular formula is C12H24N2O3S. The fourth-order valence-electron chi connectivity index (χ4n) is 1.74. The Bertz CT molecular complexity index is 396. The number of nitrogens with zero attached hydrogens (tertiary/aromatic N) is 1. The minimum Gasteiger partial charge on any atom is -0.336 e. The largest absolute Gasteiger partial charge is 0.336 e. The quantitative estimate of drug-likeness (QED) is 0.843. The summed E-state index contributed by atoms with van der Waals surface area (Å²) in [5.41, 5.74) is 0. The lowest BCUT2D eigenvalue weighted by atomic mass is 10.00. The molecule has 106 valence electrons. The van der Waals surface area contributed by atoms with Gasteiger partial charge in [0.15, 0.2) is 9.84 Å². The van der Waals surface area contributed by atoms with E-state index in [4.69, 9.17) is 0 Å². The van der Waals surface area contributed by atoms with Crippen LogP contribution in [0.5, 0.6) is 0 Å². The van der Waals surface area contributed by atoms with Gasteiger partial charge in [-0.05, 0) is 32.6 Å². The van der Waals surface area contributed by atoms with Crippen LogP contribution in [0.2, 0.25) is 0 Å². The molecule has 6 heteroatoms. The lowest BCUT2D eigenvalue weighted by Gasteiger charge is -2.31. The third-order valence-electron chi connectivity index (χ3n) is 3.74. The number of hydrogen-bond donors (Lipinski definition) is 1. The maximum Gasteiger partial charge on any atom is 0.317 e. The molecule has 0 aliphatic carbocycles. The Hall–Kier alpha value is -0.780. The fourth-order valence-corrected chi connectivity index (χ4v) is 2.08. The van der Waals surface area contributed by atoms with Crippen molar-refractivity contribution >= 4 is 15.9 Å². The van der Waals surface area contributed by atoms with Gasteiger partial charge in [-0.15, -0.1) is 0 Å². The van der Waals surface area contributed by atoms with Gasteiger partial charge in [-0.3, -0.25) is 0 Å². The Labute approximate surface area is 110 Å². The van der Waals surface area contributed by atoms with Crippen LogP contribution in [0.1, 0.15) is 33.6 Å². The zero-order chi connectivity index (χ0) is 14.0. The van der Waals surface area contributed by atoms with Crippen LogP contribution in [0, 0.1) is 5.92 Å². The van der Waals surface area contributed by atoms with Crippen LogP contribution in [-0.2, 0) is 9.84 Å². The number of hydrogen-bond acceptors (Lipinski definition) is 3. The molecule has 0 aromatic rings. The number of piperidine rings is 1. The molecule has 0 aromatic heterocycles. The first-order valence-electron chi connectivity index (χ1n) is 6.36. The first-order valence-corrected chi connectivity index (χ1v) is 8.25. The summed E-state index contributed by atoms with van der Waals surface area (Å²) in [4.78, 5) is 13.7. The van der Waals surface area contributed by atoms with E-state index in [2.05, 4.69) is 12.2 Å². The summed E-state index contributed by atoms with van der Waals surface area (Å²) in [7, 11) is -3.17. The monoisotopic (exact) mass is 276 g/mol. The smallest absolute Gasteiger partial charge is 0.317 e. The van der Waals surface area contributed by atoms with Gasteiger partial charge >= 0.3 is 6.03 Å². The van der Waals surface area contributed by atoms with Crippen molar-refractivity contribution in [2.45, 2.75) is 38.4 Å². The minimum atomic E-state index is -3.17. The van der Waals surface area contributed by atoms with E-state index in [0.717, 1.165) is 25.9 Å². The molecule has 18 heavy (non-hydrogen) atoms. The number of urea groups is 1. The number of amides is 2. The van der Waals surface area contributed by atoms with Crippen LogP contribution in [0.25, 0.3) is 0 Å². The second-order valence-electron chi connectivity index (χ2n) is 5.86. The maximum absolute atomic E-state index is 11.9. The van der Waals surface area contributed by atoms with Gasteiger partial charge in [-0.1, -0.05) is 6.92 Å². The highest BCUT2D eigenvalue weighted by molar-refractivity contribution is 7.92. The lowest BCUT2D eigenvalue weighted by Crippen LogP contribution is -2.50. The molecule has 1 aliphatic heterocycles. The molecule has 1 fully saturated rings. The lowest BCUT2D eigenvalue weighted by molar-refractivity contribution is 0.173. The van der Waals surface area contributed by atoms with Crippen molar-refractivity contribution in [3.8, 4) is 0 Å². The van der Waals surface area contributed by atoms with Gasteiger partial charge in [-0.25, -0.2) is 13.2 Å². The fraction of sp³-hybridized carbons (Fsp3) is 0.917. The molecule has 1 N–H and O–H groups in total. The molecule has 1 heterocycles. The van der Waals surface area contributed by atoms with Crippen molar-refractivity contribution in [1.29, 1.82) is 0 Å². The zero-order valence-electron chi connectivity index (χ0n) is 11.7. The van der Waals surface area contributed by atoms with Crippen molar-refractivity contribution < 1.29 is 13.2 Å². The second-order valence-corrected chi connectivity index (χ2v) is 8.51. The number of carbonyl (C=O) groups excluding carboxylic acids is 1. The van der Waals surface area contributed by atoms with E-state index in [1.807, 2.05) is 0 Å². The molecule has 1 aliphatic rings. The Morgan fingerprint density at radius 3 is 2.28 bits per heavy atom. The molecule has 1 rings (SSSR count). The Morgan fingerprint density at radius 1 is 1.33 bits per heavy atom. The van der Waals surface area contributed by atoms with Crippen molar-refractivity contribution in [3.63, 3.8) is 0 Å². The third kappa shape index (κ3) is 3.86. The minimum absolute atomic E-state index is 0.150. The van der Waals surface area contributed by atoms with Crippen LogP contribution in [-0.4, -0.2) is 50.0 Å². The molecule has 0 aromatic carbocycles. The van der Waals surface area contributed by atoms with E-state index in [1.165, 1.54) is 6.26 Å². The highest BCUT2D eigenvalue weighted by Gasteiger charge is 2.31. The Morgan fingerprint density at radius 2 is 1.83 bits per heavy atom. The van der Waals surface area contributed by atoms with E-state index >= 15 is 0 Å². The summed E-state index contributed by atoms with van der Waals surface area (Å²) in [5.74, 6) is 0.668. The Kier molecular flexibility index (Phi) is 4.64. The summed E-state index contributed by atoms with van der Waals surface area (Å²) in [6.07, 6.45) is 3.23. The molecule has 0 radical (unpaired) electrons. The first kappa shape index (κ1) is 15.3. The molecule has 2 amide bonds. The number of likely N-dealkylation sites (tertiary alicyclic amines) is 1. The van der Waals surface area contributed by atoms with Gasteiger partial charge in [0.1, 0.15) is 0 Å². The third-order valence-corrected chi connectivity index (χ3v) is 5.89. The number of sulfone groups is 1. The van der Waals surface area contributed by atoms with Gasteiger partial charge in [0.2, 0.25) is 0 Å². The summed E-state index contributed by atoms with van der Waals surface area (Å²) in [5, 5.41) is 2.72. The molecule has 5 nitrogen and oxygen atoms in total. The number of nitrogens with one attached hydrogen (secondary N) is 1. The number of rotatable bonds is 3. The summed E-state index contributed by atoms with van der Waals surface area (Å²) < 4.78 is 22.1. The zero-order valence-corrected chi connectivity index (χ0v) is 12.5. The predicted octanol–water partition coefficient (Wildman–Crippen LogP) is 1.25. The van der Waals surface area contributed by atoms with Crippen LogP contribution in [0.15, 0.2) is 0 Å². The number of carbonyl (C=O) groups is 1. The van der Waals surface area contributed by atoms with E-state index in [0.29, 0.717) is 5.92 Å². The SMILES string of the molecule is CC1CCN(C(=O)NCC(C)(C)S(C)(=O)=O)CC1. The van der Waals surface area contributed by atoms with Crippen molar-refractivity contribution in [2.24, 2.45) is 5.92 Å². The average Bonchev–Trinajstić information content (AvgIpc) is 2.25. The van der Waals surface area contributed by atoms with E-state index in [-0.39, 0.29) is 12.6 Å². The van der Waals surface area contributed by atoms with Gasteiger partial charge in [0, 0.05) is 25.9 Å². The summed E-state index contributed by atoms with van der Waals surface area (Å²) in [6, 6.07) is -0.154. The standard InChI is InChI=1S/C12H24N2O3S/c1-10-5-7-14(8-6-10)11(15)13-9-12(2,3)18(4,16)17/h10H,5-9H2,1-4H3,(H,13,15). The van der Waals surface area contributed by atoms with E-state index < -0.39 is 14.6 Å². The van der Waals surface area contributed by atoms with Crippen molar-refractivity contribution in [2.75, 3.05) is 25.9 Å². The molecule has 0 atom stereocenters. The van der Waals surface area contributed by atoms with Crippen LogP contribution >= 0.6 is 0 Å². The average molecular weight is 276 g/mol. The Balaban J connectivity index is 2.47. The van der Waals surface area contributed by atoms with Crippen molar-refractivity contribution in [1.82, 2.24) is 10.2 Å². The van der Waals surface area contributed by atoms with Gasteiger partial charge in [0.05, 0.1) is 4.75 Å². The highest BCUT2D eigenvalue weighted by Crippen LogP contribution is 2.17. The molecule has 0 bridgehead atoms. The molecule has 0 spiro atoms. The van der Waals surface area contributed by atoms with Gasteiger partial charge in [0.25, 0.3) is 0 Å².